The minimum atomic E-state index is -0.547. The zero-order valence-electron chi connectivity index (χ0n) is 16.8. The van der Waals surface area contributed by atoms with Gasteiger partial charge in [0.1, 0.15) is 0 Å². The molecule has 29 heavy (non-hydrogen) atoms. The Labute approximate surface area is 171 Å². The SMILES string of the molecule is CCOC(=O)C1=C(CNCCc2ccccc2)NC(=O)NC1c1ccc(C)cc1. The van der Waals surface area contributed by atoms with Gasteiger partial charge in [-0.3, -0.25) is 0 Å². The number of hydrogen-bond donors (Lipinski definition) is 3. The number of nitrogens with one attached hydrogen (secondary N) is 3. The van der Waals surface area contributed by atoms with E-state index < -0.39 is 12.0 Å². The standard InChI is InChI=1S/C23H27N3O3/c1-3-29-22(27)20-19(15-24-14-13-17-7-5-4-6-8-17)25-23(28)26-21(20)18-11-9-16(2)10-12-18/h4-12,21,24H,3,13-15H2,1-2H3,(H2,25,26,28). The predicted octanol–water partition coefficient (Wildman–Crippen LogP) is 3.00. The van der Waals surface area contributed by atoms with Gasteiger partial charge in [0.05, 0.1) is 18.2 Å². The second-order valence-electron chi connectivity index (χ2n) is 6.97. The molecule has 2 aromatic carbocycles. The average Bonchev–Trinajstić information content (AvgIpc) is 2.72. The van der Waals surface area contributed by atoms with Crippen LogP contribution in [-0.2, 0) is 16.0 Å². The van der Waals surface area contributed by atoms with Gasteiger partial charge in [0.15, 0.2) is 0 Å². The molecule has 0 saturated carbocycles. The molecule has 1 aliphatic heterocycles. The Hall–Kier alpha value is -3.12. The second-order valence-corrected chi connectivity index (χ2v) is 6.97. The van der Waals surface area contributed by atoms with Crippen molar-refractivity contribution in [2.75, 3.05) is 19.7 Å². The number of carbonyl (C=O) groups is 2. The van der Waals surface area contributed by atoms with E-state index in [4.69, 9.17) is 4.74 Å². The highest BCUT2D eigenvalue weighted by Gasteiger charge is 2.33. The van der Waals surface area contributed by atoms with Gasteiger partial charge in [-0.2, -0.15) is 0 Å². The molecule has 0 saturated heterocycles. The number of carbonyl (C=O) groups excluding carboxylic acids is 2. The number of esters is 1. The molecule has 2 amide bonds. The molecule has 6 heteroatoms. The third-order valence-corrected chi connectivity index (χ3v) is 4.79. The first-order valence-corrected chi connectivity index (χ1v) is 9.87. The van der Waals surface area contributed by atoms with E-state index in [1.165, 1.54) is 5.56 Å². The number of amides is 2. The quantitative estimate of drug-likeness (QED) is 0.476. The Morgan fingerprint density at radius 1 is 1.10 bits per heavy atom. The lowest BCUT2D eigenvalue weighted by Gasteiger charge is -2.29. The fourth-order valence-electron chi connectivity index (χ4n) is 3.31. The number of aryl methyl sites for hydroxylation is 1. The van der Waals surface area contributed by atoms with Crippen molar-refractivity contribution in [3.05, 3.63) is 82.6 Å². The molecule has 0 bridgehead atoms. The Bertz CT molecular complexity index is 876. The van der Waals surface area contributed by atoms with Gasteiger partial charge in [-0.1, -0.05) is 60.2 Å². The van der Waals surface area contributed by atoms with Crippen molar-refractivity contribution >= 4 is 12.0 Å². The van der Waals surface area contributed by atoms with Gasteiger partial charge >= 0.3 is 12.0 Å². The van der Waals surface area contributed by atoms with Crippen LogP contribution < -0.4 is 16.0 Å². The molecule has 0 aliphatic carbocycles. The number of urea groups is 1. The van der Waals surface area contributed by atoms with E-state index in [1.807, 2.05) is 49.4 Å². The van der Waals surface area contributed by atoms with Gasteiger partial charge < -0.3 is 20.7 Å². The molecular weight excluding hydrogens is 366 g/mol. The highest BCUT2D eigenvalue weighted by Crippen LogP contribution is 2.27. The molecule has 1 atom stereocenters. The summed E-state index contributed by atoms with van der Waals surface area (Å²) in [5.41, 5.74) is 4.16. The van der Waals surface area contributed by atoms with Crippen LogP contribution in [0.4, 0.5) is 4.79 Å². The van der Waals surface area contributed by atoms with E-state index in [1.54, 1.807) is 6.92 Å². The summed E-state index contributed by atoms with van der Waals surface area (Å²) >= 11 is 0. The van der Waals surface area contributed by atoms with E-state index >= 15 is 0 Å². The lowest BCUT2D eigenvalue weighted by atomic mass is 9.94. The summed E-state index contributed by atoms with van der Waals surface area (Å²) in [6.45, 7) is 5.13. The molecule has 1 aliphatic rings. The normalized spacial score (nSPS) is 16.2. The van der Waals surface area contributed by atoms with Crippen LogP contribution in [0.3, 0.4) is 0 Å². The van der Waals surface area contributed by atoms with E-state index in [-0.39, 0.29) is 12.6 Å². The molecule has 0 radical (unpaired) electrons. The Morgan fingerprint density at radius 2 is 1.83 bits per heavy atom. The fourth-order valence-corrected chi connectivity index (χ4v) is 3.31. The van der Waals surface area contributed by atoms with Gasteiger partial charge in [0, 0.05) is 12.2 Å². The van der Waals surface area contributed by atoms with Gasteiger partial charge in [-0.25, -0.2) is 9.59 Å². The number of hydrogen-bond acceptors (Lipinski definition) is 4. The van der Waals surface area contributed by atoms with Crippen LogP contribution in [0, 0.1) is 6.92 Å². The fraction of sp³-hybridized carbons (Fsp3) is 0.304. The highest BCUT2D eigenvalue weighted by molar-refractivity contribution is 5.95. The van der Waals surface area contributed by atoms with Crippen LogP contribution in [0.25, 0.3) is 0 Å². The van der Waals surface area contributed by atoms with Crippen molar-refractivity contribution in [3.63, 3.8) is 0 Å². The van der Waals surface area contributed by atoms with Crippen LogP contribution in [0.2, 0.25) is 0 Å². The third-order valence-electron chi connectivity index (χ3n) is 4.79. The summed E-state index contributed by atoms with van der Waals surface area (Å²) in [6.07, 6.45) is 0.858. The summed E-state index contributed by atoms with van der Waals surface area (Å²) in [4.78, 5) is 25.0. The van der Waals surface area contributed by atoms with Crippen molar-refractivity contribution < 1.29 is 14.3 Å². The zero-order valence-corrected chi connectivity index (χ0v) is 16.8. The van der Waals surface area contributed by atoms with Crippen molar-refractivity contribution in [2.24, 2.45) is 0 Å². The maximum atomic E-state index is 12.7. The number of rotatable bonds is 8. The van der Waals surface area contributed by atoms with Gasteiger partial charge in [-0.15, -0.1) is 0 Å². The van der Waals surface area contributed by atoms with Crippen LogP contribution in [0.15, 0.2) is 65.9 Å². The van der Waals surface area contributed by atoms with E-state index in [2.05, 4.69) is 28.1 Å². The van der Waals surface area contributed by atoms with Gasteiger partial charge in [-0.05, 0) is 37.9 Å². The Morgan fingerprint density at radius 3 is 2.52 bits per heavy atom. The minimum Gasteiger partial charge on any atom is -0.463 e. The van der Waals surface area contributed by atoms with Gasteiger partial charge in [0.2, 0.25) is 0 Å². The van der Waals surface area contributed by atoms with Crippen molar-refractivity contribution in [2.45, 2.75) is 26.3 Å². The monoisotopic (exact) mass is 393 g/mol. The van der Waals surface area contributed by atoms with E-state index in [0.29, 0.717) is 17.8 Å². The van der Waals surface area contributed by atoms with Crippen LogP contribution in [0.5, 0.6) is 0 Å². The molecule has 6 nitrogen and oxygen atoms in total. The van der Waals surface area contributed by atoms with Crippen LogP contribution >= 0.6 is 0 Å². The van der Waals surface area contributed by atoms with E-state index in [9.17, 15) is 9.59 Å². The first kappa shape index (κ1) is 20.6. The van der Waals surface area contributed by atoms with E-state index in [0.717, 1.165) is 24.1 Å². The Kier molecular flexibility index (Phi) is 7.03. The van der Waals surface area contributed by atoms with Crippen molar-refractivity contribution in [3.8, 4) is 0 Å². The molecular formula is C23H27N3O3. The third kappa shape index (κ3) is 5.45. The maximum Gasteiger partial charge on any atom is 0.338 e. The molecule has 0 fully saturated rings. The predicted molar refractivity (Wildman–Crippen MR) is 112 cm³/mol. The molecule has 0 spiro atoms. The minimum absolute atomic E-state index is 0.269. The number of ether oxygens (including phenoxy) is 1. The maximum absolute atomic E-state index is 12.7. The summed E-state index contributed by atoms with van der Waals surface area (Å²) in [5.74, 6) is -0.426. The molecule has 1 unspecified atom stereocenters. The average molecular weight is 393 g/mol. The lowest BCUT2D eigenvalue weighted by Crippen LogP contribution is -2.48. The molecule has 2 aromatic rings. The highest BCUT2D eigenvalue weighted by atomic mass is 16.5. The molecule has 1 heterocycles. The largest absolute Gasteiger partial charge is 0.463 e. The second kappa shape index (κ2) is 9.89. The first-order valence-electron chi connectivity index (χ1n) is 9.87. The molecule has 3 rings (SSSR count). The van der Waals surface area contributed by atoms with Gasteiger partial charge in [0.25, 0.3) is 0 Å². The smallest absolute Gasteiger partial charge is 0.338 e. The van der Waals surface area contributed by atoms with Crippen LogP contribution in [0.1, 0.15) is 29.7 Å². The van der Waals surface area contributed by atoms with Crippen molar-refractivity contribution in [1.82, 2.24) is 16.0 Å². The molecule has 152 valence electrons. The number of benzene rings is 2. The summed E-state index contributed by atoms with van der Waals surface area (Å²) in [6, 6.07) is 17.0. The topological polar surface area (TPSA) is 79.5 Å². The van der Waals surface area contributed by atoms with Crippen molar-refractivity contribution in [1.29, 1.82) is 0 Å². The van der Waals surface area contributed by atoms with Crippen LogP contribution in [-0.4, -0.2) is 31.7 Å². The summed E-state index contributed by atoms with van der Waals surface area (Å²) in [5, 5.41) is 8.96. The first-order chi connectivity index (χ1) is 14.1. The lowest BCUT2D eigenvalue weighted by molar-refractivity contribution is -0.139. The summed E-state index contributed by atoms with van der Waals surface area (Å²) < 4.78 is 5.28. The summed E-state index contributed by atoms with van der Waals surface area (Å²) in [7, 11) is 0. The zero-order chi connectivity index (χ0) is 20.6. The Balaban J connectivity index is 1.79. The molecule has 0 aromatic heterocycles. The molecule has 3 N–H and O–H groups in total.